The predicted octanol–water partition coefficient (Wildman–Crippen LogP) is 2.78. The smallest absolute Gasteiger partial charge is 0.228 e. The van der Waals surface area contributed by atoms with E-state index in [2.05, 4.69) is 10.6 Å². The van der Waals surface area contributed by atoms with Crippen molar-refractivity contribution in [2.75, 3.05) is 11.9 Å². The summed E-state index contributed by atoms with van der Waals surface area (Å²) in [6.07, 6.45) is -0.0444. The van der Waals surface area contributed by atoms with Crippen LogP contribution >= 0.6 is 0 Å². The molecule has 0 aliphatic carbocycles. The monoisotopic (exact) mass is 357 g/mol. The molecule has 2 aromatic rings. The van der Waals surface area contributed by atoms with Gasteiger partial charge in [0.25, 0.3) is 0 Å². The van der Waals surface area contributed by atoms with E-state index in [4.69, 9.17) is 5.73 Å². The van der Waals surface area contributed by atoms with Crippen LogP contribution in [0.15, 0.2) is 48.5 Å². The molecule has 0 radical (unpaired) electrons. The number of anilines is 1. The molecule has 26 heavy (non-hydrogen) atoms. The SMILES string of the molecule is CC(CN)C(=O)NC(C)c1cccc(NC(=O)Cc2ccccc2F)c1. The van der Waals surface area contributed by atoms with Gasteiger partial charge in [0, 0.05) is 18.2 Å². The Hall–Kier alpha value is -2.73. The Balaban J connectivity index is 2.01. The van der Waals surface area contributed by atoms with Crippen LogP contribution < -0.4 is 16.4 Å². The topological polar surface area (TPSA) is 84.2 Å². The van der Waals surface area contributed by atoms with Crippen molar-refractivity contribution in [1.82, 2.24) is 5.32 Å². The summed E-state index contributed by atoms with van der Waals surface area (Å²) < 4.78 is 13.6. The fourth-order valence-electron chi connectivity index (χ4n) is 2.45. The summed E-state index contributed by atoms with van der Waals surface area (Å²) in [5.41, 5.74) is 7.30. The third kappa shape index (κ3) is 5.39. The highest BCUT2D eigenvalue weighted by molar-refractivity contribution is 5.92. The lowest BCUT2D eigenvalue weighted by Crippen LogP contribution is -2.34. The minimum atomic E-state index is -0.401. The van der Waals surface area contributed by atoms with Crippen LogP contribution in [0.3, 0.4) is 0 Å². The summed E-state index contributed by atoms with van der Waals surface area (Å²) in [5, 5.41) is 5.66. The highest BCUT2D eigenvalue weighted by Crippen LogP contribution is 2.18. The van der Waals surface area contributed by atoms with Crippen molar-refractivity contribution < 1.29 is 14.0 Å². The molecule has 0 aliphatic heterocycles. The highest BCUT2D eigenvalue weighted by Gasteiger charge is 2.15. The molecule has 0 saturated carbocycles. The van der Waals surface area contributed by atoms with Crippen LogP contribution in [0.25, 0.3) is 0 Å². The first-order chi connectivity index (χ1) is 12.4. The predicted molar refractivity (Wildman–Crippen MR) is 100.0 cm³/mol. The van der Waals surface area contributed by atoms with Gasteiger partial charge in [-0.15, -0.1) is 0 Å². The number of benzene rings is 2. The Labute approximate surface area is 152 Å². The van der Waals surface area contributed by atoms with Gasteiger partial charge in [0.2, 0.25) is 11.8 Å². The largest absolute Gasteiger partial charge is 0.349 e. The van der Waals surface area contributed by atoms with Gasteiger partial charge >= 0.3 is 0 Å². The molecule has 4 N–H and O–H groups in total. The summed E-state index contributed by atoms with van der Waals surface area (Å²) in [7, 11) is 0. The summed E-state index contributed by atoms with van der Waals surface area (Å²) in [4.78, 5) is 24.1. The van der Waals surface area contributed by atoms with Crippen LogP contribution in [-0.2, 0) is 16.0 Å². The molecule has 0 saturated heterocycles. The standard InChI is InChI=1S/C20H24FN3O2/c1-13(12-22)20(26)23-14(2)15-7-5-8-17(10-15)24-19(25)11-16-6-3-4-9-18(16)21/h3-10,13-14H,11-12,22H2,1-2H3,(H,23,26)(H,24,25). The van der Waals surface area contributed by atoms with Crippen LogP contribution in [0.2, 0.25) is 0 Å². The minimum absolute atomic E-state index is 0.0444. The first-order valence-electron chi connectivity index (χ1n) is 8.54. The van der Waals surface area contributed by atoms with Crippen LogP contribution in [0, 0.1) is 11.7 Å². The Kier molecular flexibility index (Phi) is 6.86. The van der Waals surface area contributed by atoms with E-state index in [9.17, 15) is 14.0 Å². The summed E-state index contributed by atoms with van der Waals surface area (Å²) in [5.74, 6) is -1.09. The number of hydrogen-bond acceptors (Lipinski definition) is 3. The van der Waals surface area contributed by atoms with E-state index in [1.807, 2.05) is 13.0 Å². The molecule has 6 heteroatoms. The first kappa shape index (κ1) is 19.6. The van der Waals surface area contributed by atoms with E-state index in [1.54, 1.807) is 43.3 Å². The summed E-state index contributed by atoms with van der Waals surface area (Å²) in [6, 6.07) is 13.2. The van der Waals surface area contributed by atoms with Gasteiger partial charge < -0.3 is 16.4 Å². The number of rotatable bonds is 7. The Morgan fingerprint density at radius 3 is 2.54 bits per heavy atom. The lowest BCUT2D eigenvalue weighted by atomic mass is 10.1. The zero-order valence-electron chi connectivity index (χ0n) is 15.0. The molecule has 0 bridgehead atoms. The van der Waals surface area contributed by atoms with Gasteiger partial charge in [0.1, 0.15) is 5.82 Å². The molecular weight excluding hydrogens is 333 g/mol. The Morgan fingerprint density at radius 1 is 1.12 bits per heavy atom. The molecule has 0 aliphatic rings. The second kappa shape index (κ2) is 9.10. The van der Waals surface area contributed by atoms with Crippen molar-refractivity contribution in [2.45, 2.75) is 26.3 Å². The van der Waals surface area contributed by atoms with Crippen molar-refractivity contribution in [1.29, 1.82) is 0 Å². The average molecular weight is 357 g/mol. The molecule has 2 aromatic carbocycles. The van der Waals surface area contributed by atoms with Crippen LogP contribution in [-0.4, -0.2) is 18.4 Å². The lowest BCUT2D eigenvalue weighted by molar-refractivity contribution is -0.124. The van der Waals surface area contributed by atoms with E-state index in [1.165, 1.54) is 6.07 Å². The van der Waals surface area contributed by atoms with E-state index >= 15 is 0 Å². The van der Waals surface area contributed by atoms with Crippen molar-refractivity contribution in [3.63, 3.8) is 0 Å². The van der Waals surface area contributed by atoms with Crippen LogP contribution in [0.1, 0.15) is 31.0 Å². The van der Waals surface area contributed by atoms with Crippen molar-refractivity contribution in [2.24, 2.45) is 11.7 Å². The molecule has 2 amide bonds. The maximum atomic E-state index is 13.6. The number of nitrogens with one attached hydrogen (secondary N) is 2. The molecule has 5 nitrogen and oxygen atoms in total. The fourth-order valence-corrected chi connectivity index (χ4v) is 2.45. The number of hydrogen-bond donors (Lipinski definition) is 3. The number of nitrogens with two attached hydrogens (primary N) is 1. The molecule has 0 aromatic heterocycles. The lowest BCUT2D eigenvalue weighted by Gasteiger charge is -2.18. The molecule has 138 valence electrons. The maximum absolute atomic E-state index is 13.6. The van der Waals surface area contributed by atoms with Crippen molar-refractivity contribution >= 4 is 17.5 Å². The third-order valence-electron chi connectivity index (χ3n) is 4.14. The molecule has 2 rings (SSSR count). The maximum Gasteiger partial charge on any atom is 0.228 e. The highest BCUT2D eigenvalue weighted by atomic mass is 19.1. The van der Waals surface area contributed by atoms with E-state index < -0.39 is 5.82 Å². The third-order valence-corrected chi connectivity index (χ3v) is 4.14. The quantitative estimate of drug-likeness (QED) is 0.712. The van der Waals surface area contributed by atoms with Gasteiger partial charge in [-0.25, -0.2) is 4.39 Å². The van der Waals surface area contributed by atoms with E-state index in [0.717, 1.165) is 5.56 Å². The van der Waals surface area contributed by atoms with E-state index in [-0.39, 0.29) is 36.7 Å². The van der Waals surface area contributed by atoms with Gasteiger partial charge in [-0.05, 0) is 36.2 Å². The molecule has 0 fully saturated rings. The van der Waals surface area contributed by atoms with Gasteiger partial charge in [-0.2, -0.15) is 0 Å². The van der Waals surface area contributed by atoms with Gasteiger partial charge in [0.05, 0.1) is 12.5 Å². The van der Waals surface area contributed by atoms with Gasteiger partial charge in [-0.1, -0.05) is 37.3 Å². The number of carbonyl (C=O) groups excluding carboxylic acids is 2. The second-order valence-corrected chi connectivity index (χ2v) is 6.31. The first-order valence-corrected chi connectivity index (χ1v) is 8.54. The number of halogens is 1. The van der Waals surface area contributed by atoms with Crippen LogP contribution in [0.5, 0.6) is 0 Å². The fraction of sp³-hybridized carbons (Fsp3) is 0.300. The minimum Gasteiger partial charge on any atom is -0.349 e. The molecule has 2 unspecified atom stereocenters. The molecule has 0 heterocycles. The molecular formula is C20H24FN3O2. The zero-order chi connectivity index (χ0) is 19.1. The second-order valence-electron chi connectivity index (χ2n) is 6.31. The summed E-state index contributed by atoms with van der Waals surface area (Å²) in [6.45, 7) is 3.91. The number of carbonyl (C=O) groups is 2. The molecule has 0 spiro atoms. The van der Waals surface area contributed by atoms with Crippen molar-refractivity contribution in [3.05, 3.63) is 65.5 Å². The van der Waals surface area contributed by atoms with Crippen LogP contribution in [0.4, 0.5) is 10.1 Å². The molecule has 2 atom stereocenters. The van der Waals surface area contributed by atoms with E-state index in [0.29, 0.717) is 11.3 Å². The zero-order valence-corrected chi connectivity index (χ0v) is 15.0. The normalized spacial score (nSPS) is 12.9. The average Bonchev–Trinajstić information content (AvgIpc) is 2.63. The van der Waals surface area contributed by atoms with Crippen molar-refractivity contribution in [3.8, 4) is 0 Å². The summed E-state index contributed by atoms with van der Waals surface area (Å²) >= 11 is 0. The Bertz CT molecular complexity index is 779. The number of amides is 2. The van der Waals surface area contributed by atoms with Gasteiger partial charge in [0.15, 0.2) is 0 Å². The Morgan fingerprint density at radius 2 is 1.85 bits per heavy atom. The van der Waals surface area contributed by atoms with Gasteiger partial charge in [-0.3, -0.25) is 9.59 Å².